The lowest BCUT2D eigenvalue weighted by Crippen LogP contribution is -2.31. The van der Waals surface area contributed by atoms with Gasteiger partial charge in [0.1, 0.15) is 10.7 Å². The van der Waals surface area contributed by atoms with E-state index >= 15 is 0 Å². The molecule has 1 aliphatic heterocycles. The quantitative estimate of drug-likeness (QED) is 0.689. The molecule has 3 aromatic rings. The van der Waals surface area contributed by atoms with Crippen molar-refractivity contribution in [2.24, 2.45) is 0 Å². The third-order valence-electron chi connectivity index (χ3n) is 6.29. The second-order valence-corrected chi connectivity index (χ2v) is 9.15. The minimum absolute atomic E-state index is 0.0164. The molecule has 1 aliphatic carbocycles. The lowest BCUT2D eigenvalue weighted by Gasteiger charge is -2.26. The van der Waals surface area contributed by atoms with E-state index in [2.05, 4.69) is 23.5 Å². The first kappa shape index (κ1) is 18.6. The van der Waals surface area contributed by atoms with E-state index in [0.29, 0.717) is 15.1 Å². The summed E-state index contributed by atoms with van der Waals surface area (Å²) in [6.45, 7) is 2.61. The summed E-state index contributed by atoms with van der Waals surface area (Å²) in [5, 5.41) is 3.85. The third-order valence-corrected chi connectivity index (χ3v) is 7.48. The summed E-state index contributed by atoms with van der Waals surface area (Å²) < 4.78 is 1.83. The number of carbonyl (C=O) groups excluding carboxylic acids is 1. The number of thiophene rings is 1. The van der Waals surface area contributed by atoms with Gasteiger partial charge < -0.3 is 5.32 Å². The molecule has 6 heteroatoms. The standard InChI is InChI=1S/C23H25N3O2S/c1-14-19-22(25-18-12-3-2-6-13-26(18)23(19)28)29-20(14)21(27)24-17-11-7-9-15-8-4-5-10-16(15)17/h4-5,8,10,17H,2-3,6-7,9,11-13H2,1H3,(H,24,27). The van der Waals surface area contributed by atoms with Crippen molar-refractivity contribution in [1.82, 2.24) is 14.9 Å². The number of aryl methyl sites for hydroxylation is 3. The first-order valence-corrected chi connectivity index (χ1v) is 11.4. The van der Waals surface area contributed by atoms with Crippen molar-refractivity contribution < 1.29 is 4.79 Å². The van der Waals surface area contributed by atoms with Crippen LogP contribution in [0.5, 0.6) is 0 Å². The molecule has 0 bridgehead atoms. The van der Waals surface area contributed by atoms with E-state index in [1.165, 1.54) is 22.5 Å². The largest absolute Gasteiger partial charge is 0.345 e. The van der Waals surface area contributed by atoms with Crippen molar-refractivity contribution in [2.45, 2.75) is 64.5 Å². The van der Waals surface area contributed by atoms with Gasteiger partial charge in [-0.05, 0) is 55.7 Å². The van der Waals surface area contributed by atoms with Gasteiger partial charge >= 0.3 is 0 Å². The van der Waals surface area contributed by atoms with Crippen LogP contribution in [0.25, 0.3) is 10.2 Å². The molecule has 0 spiro atoms. The fourth-order valence-electron chi connectivity index (χ4n) is 4.75. The average Bonchev–Trinajstić information content (AvgIpc) is 2.89. The summed E-state index contributed by atoms with van der Waals surface area (Å²) in [6, 6.07) is 8.38. The van der Waals surface area contributed by atoms with Crippen LogP contribution in [0.3, 0.4) is 0 Å². The van der Waals surface area contributed by atoms with Gasteiger partial charge in [-0.2, -0.15) is 0 Å². The number of nitrogens with one attached hydrogen (secondary N) is 1. The molecule has 0 fully saturated rings. The van der Waals surface area contributed by atoms with Crippen LogP contribution in [0.2, 0.25) is 0 Å². The van der Waals surface area contributed by atoms with Crippen LogP contribution in [-0.2, 0) is 19.4 Å². The number of fused-ring (bicyclic) bond motifs is 3. The van der Waals surface area contributed by atoms with E-state index in [4.69, 9.17) is 4.98 Å². The number of hydrogen-bond acceptors (Lipinski definition) is 4. The molecule has 150 valence electrons. The first-order chi connectivity index (χ1) is 14.1. The Morgan fingerprint density at radius 2 is 2.03 bits per heavy atom. The predicted molar refractivity (Wildman–Crippen MR) is 116 cm³/mol. The van der Waals surface area contributed by atoms with E-state index in [1.54, 1.807) is 0 Å². The third kappa shape index (κ3) is 3.19. The number of aromatic nitrogens is 2. The highest BCUT2D eigenvalue weighted by atomic mass is 32.1. The van der Waals surface area contributed by atoms with Gasteiger partial charge in [-0.1, -0.05) is 30.7 Å². The summed E-state index contributed by atoms with van der Waals surface area (Å²) in [6.07, 6.45) is 7.13. The molecule has 0 radical (unpaired) electrons. The fraction of sp³-hybridized carbons (Fsp3) is 0.435. The molecule has 29 heavy (non-hydrogen) atoms. The zero-order valence-corrected chi connectivity index (χ0v) is 17.5. The molecule has 1 amide bonds. The maximum absolute atomic E-state index is 13.2. The van der Waals surface area contributed by atoms with Gasteiger partial charge in [-0.15, -0.1) is 11.3 Å². The zero-order valence-electron chi connectivity index (χ0n) is 16.7. The Balaban J connectivity index is 1.51. The van der Waals surface area contributed by atoms with Crippen LogP contribution >= 0.6 is 11.3 Å². The molecule has 1 aromatic carbocycles. The Morgan fingerprint density at radius 3 is 2.93 bits per heavy atom. The molecule has 0 saturated heterocycles. The Labute approximate surface area is 173 Å². The summed E-state index contributed by atoms with van der Waals surface area (Å²) in [5.41, 5.74) is 3.32. The molecule has 3 heterocycles. The molecular weight excluding hydrogens is 382 g/mol. The normalized spacial score (nSPS) is 18.7. The molecule has 5 rings (SSSR count). The van der Waals surface area contributed by atoms with Gasteiger partial charge in [-0.3, -0.25) is 14.2 Å². The number of hydrogen-bond donors (Lipinski definition) is 1. The van der Waals surface area contributed by atoms with Gasteiger partial charge in [0, 0.05) is 13.0 Å². The van der Waals surface area contributed by atoms with Gasteiger partial charge in [0.2, 0.25) is 0 Å². The highest BCUT2D eigenvalue weighted by Crippen LogP contribution is 2.32. The number of amides is 1. The average molecular weight is 408 g/mol. The summed E-state index contributed by atoms with van der Waals surface area (Å²) in [7, 11) is 0. The second kappa shape index (κ2) is 7.41. The lowest BCUT2D eigenvalue weighted by atomic mass is 9.87. The Bertz CT molecular complexity index is 1160. The van der Waals surface area contributed by atoms with E-state index in [1.807, 2.05) is 17.6 Å². The van der Waals surface area contributed by atoms with E-state index in [-0.39, 0.29) is 17.5 Å². The van der Waals surface area contributed by atoms with Crippen LogP contribution in [0, 0.1) is 6.92 Å². The van der Waals surface area contributed by atoms with Crippen LogP contribution in [-0.4, -0.2) is 15.5 Å². The van der Waals surface area contributed by atoms with Crippen LogP contribution in [0.1, 0.15) is 70.3 Å². The van der Waals surface area contributed by atoms with Gasteiger partial charge in [0.05, 0.1) is 16.3 Å². The van der Waals surface area contributed by atoms with Crippen molar-refractivity contribution in [3.8, 4) is 0 Å². The van der Waals surface area contributed by atoms with Gasteiger partial charge in [0.15, 0.2) is 0 Å². The number of carbonyl (C=O) groups is 1. The van der Waals surface area contributed by atoms with Crippen LogP contribution < -0.4 is 10.9 Å². The van der Waals surface area contributed by atoms with Crippen molar-refractivity contribution in [1.29, 1.82) is 0 Å². The predicted octanol–water partition coefficient (Wildman–Crippen LogP) is 4.30. The smallest absolute Gasteiger partial charge is 0.262 e. The second-order valence-electron chi connectivity index (χ2n) is 8.15. The monoisotopic (exact) mass is 407 g/mol. The zero-order chi connectivity index (χ0) is 20.0. The Hall–Kier alpha value is -2.47. The molecule has 5 nitrogen and oxygen atoms in total. The fourth-order valence-corrected chi connectivity index (χ4v) is 5.85. The van der Waals surface area contributed by atoms with Gasteiger partial charge in [0.25, 0.3) is 11.5 Å². The van der Waals surface area contributed by atoms with Crippen molar-refractivity contribution >= 4 is 27.5 Å². The SMILES string of the molecule is Cc1c(C(=O)NC2CCCc3ccccc32)sc2nc3n(c(=O)c12)CCCCC3. The van der Waals surface area contributed by atoms with Gasteiger partial charge in [-0.25, -0.2) is 4.98 Å². The highest BCUT2D eigenvalue weighted by Gasteiger charge is 2.26. The molecule has 0 saturated carbocycles. The highest BCUT2D eigenvalue weighted by molar-refractivity contribution is 7.20. The maximum atomic E-state index is 13.2. The molecule has 2 aromatic heterocycles. The lowest BCUT2D eigenvalue weighted by molar-refractivity contribution is 0.0936. The van der Waals surface area contributed by atoms with Crippen molar-refractivity contribution in [3.63, 3.8) is 0 Å². The summed E-state index contributed by atoms with van der Waals surface area (Å²) in [4.78, 5) is 32.4. The Morgan fingerprint density at radius 1 is 1.17 bits per heavy atom. The Kier molecular flexibility index (Phi) is 4.74. The van der Waals surface area contributed by atoms with E-state index < -0.39 is 0 Å². The first-order valence-electron chi connectivity index (χ1n) is 10.5. The van der Waals surface area contributed by atoms with E-state index in [0.717, 1.165) is 62.9 Å². The van der Waals surface area contributed by atoms with Crippen LogP contribution in [0.15, 0.2) is 29.1 Å². The molecule has 1 unspecified atom stereocenters. The van der Waals surface area contributed by atoms with Crippen LogP contribution in [0.4, 0.5) is 0 Å². The molecular formula is C23H25N3O2S. The molecule has 1 N–H and O–H groups in total. The number of nitrogens with zero attached hydrogens (tertiary/aromatic N) is 2. The van der Waals surface area contributed by atoms with Crippen molar-refractivity contribution in [2.75, 3.05) is 0 Å². The molecule has 1 atom stereocenters. The topological polar surface area (TPSA) is 64.0 Å². The summed E-state index contributed by atoms with van der Waals surface area (Å²) >= 11 is 1.36. The minimum atomic E-state index is -0.0909. The minimum Gasteiger partial charge on any atom is -0.345 e. The number of benzene rings is 1. The summed E-state index contributed by atoms with van der Waals surface area (Å²) in [5.74, 6) is 0.779. The molecule has 2 aliphatic rings. The maximum Gasteiger partial charge on any atom is 0.262 e. The van der Waals surface area contributed by atoms with Crippen molar-refractivity contribution in [3.05, 3.63) is 62.0 Å². The number of rotatable bonds is 2. The van der Waals surface area contributed by atoms with E-state index in [9.17, 15) is 9.59 Å².